The van der Waals surface area contributed by atoms with Crippen LogP contribution < -0.4 is 5.32 Å². The highest BCUT2D eigenvalue weighted by Crippen LogP contribution is 2.17. The van der Waals surface area contributed by atoms with E-state index in [1.165, 1.54) is 0 Å². The number of aliphatic hydroxyl groups excluding tert-OH is 1. The van der Waals surface area contributed by atoms with Crippen molar-refractivity contribution in [2.45, 2.75) is 58.5 Å². The van der Waals surface area contributed by atoms with Gasteiger partial charge in [0.2, 0.25) is 0 Å². The normalized spacial score (nSPS) is 22.9. The smallest absolute Gasteiger partial charge is 0.162 e. The molecular weight excluding hydrogens is 218 g/mol. The molecule has 1 unspecified atom stereocenters. The number of hydrogen-bond donors (Lipinski definition) is 2. The van der Waals surface area contributed by atoms with E-state index in [4.69, 9.17) is 9.47 Å². The molecule has 1 saturated heterocycles. The molecule has 1 rings (SSSR count). The Morgan fingerprint density at radius 2 is 1.76 bits per heavy atom. The Hall–Kier alpha value is -0.160. The van der Waals surface area contributed by atoms with Gasteiger partial charge in [0, 0.05) is 6.54 Å². The first kappa shape index (κ1) is 14.9. The summed E-state index contributed by atoms with van der Waals surface area (Å²) in [6.45, 7) is 9.97. The van der Waals surface area contributed by atoms with Crippen molar-refractivity contribution in [1.82, 2.24) is 5.32 Å². The minimum absolute atomic E-state index is 0.187. The van der Waals surface area contributed by atoms with Crippen LogP contribution in [0.1, 0.15) is 40.5 Å². The molecule has 1 aliphatic rings. The first-order valence-corrected chi connectivity index (χ1v) is 6.67. The van der Waals surface area contributed by atoms with Gasteiger partial charge in [0.1, 0.15) is 0 Å². The van der Waals surface area contributed by atoms with Crippen LogP contribution >= 0.6 is 0 Å². The van der Waals surface area contributed by atoms with Crippen LogP contribution in [0.5, 0.6) is 0 Å². The molecule has 4 heteroatoms. The highest BCUT2D eigenvalue weighted by molar-refractivity contribution is 4.76. The van der Waals surface area contributed by atoms with Gasteiger partial charge < -0.3 is 19.9 Å². The van der Waals surface area contributed by atoms with Crippen LogP contribution in [0.2, 0.25) is 0 Å². The molecule has 1 aliphatic heterocycles. The Bertz CT molecular complexity index is 207. The largest absolute Gasteiger partial charge is 0.392 e. The van der Waals surface area contributed by atoms with Crippen molar-refractivity contribution in [3.8, 4) is 0 Å². The first-order chi connectivity index (χ1) is 7.98. The lowest BCUT2D eigenvalue weighted by molar-refractivity contribution is -0.253. The molecule has 1 atom stereocenters. The fourth-order valence-electron chi connectivity index (χ4n) is 2.10. The third kappa shape index (κ3) is 4.92. The van der Waals surface area contributed by atoms with Crippen LogP contribution in [-0.4, -0.2) is 42.8 Å². The van der Waals surface area contributed by atoms with Gasteiger partial charge in [0.05, 0.1) is 25.4 Å². The molecule has 2 N–H and O–H groups in total. The van der Waals surface area contributed by atoms with Gasteiger partial charge in [-0.1, -0.05) is 26.7 Å². The van der Waals surface area contributed by atoms with Gasteiger partial charge in [0.25, 0.3) is 0 Å². The zero-order chi connectivity index (χ0) is 12.9. The van der Waals surface area contributed by atoms with Gasteiger partial charge in [-0.15, -0.1) is 0 Å². The fourth-order valence-corrected chi connectivity index (χ4v) is 2.10. The Labute approximate surface area is 105 Å². The van der Waals surface area contributed by atoms with Gasteiger partial charge in [-0.05, 0) is 19.8 Å². The van der Waals surface area contributed by atoms with E-state index in [1.54, 1.807) is 0 Å². The van der Waals surface area contributed by atoms with Crippen molar-refractivity contribution in [3.63, 3.8) is 0 Å². The van der Waals surface area contributed by atoms with Crippen LogP contribution in [0.4, 0.5) is 0 Å². The molecule has 0 aliphatic carbocycles. The van der Waals surface area contributed by atoms with E-state index in [-0.39, 0.29) is 12.1 Å². The summed E-state index contributed by atoms with van der Waals surface area (Å²) < 4.78 is 11.1. The van der Waals surface area contributed by atoms with E-state index in [1.807, 2.05) is 13.8 Å². The topological polar surface area (TPSA) is 50.7 Å². The molecule has 0 aromatic rings. The third-order valence-corrected chi connectivity index (χ3v) is 3.47. The van der Waals surface area contributed by atoms with E-state index in [2.05, 4.69) is 19.2 Å². The van der Waals surface area contributed by atoms with Crippen LogP contribution in [0, 0.1) is 5.92 Å². The van der Waals surface area contributed by atoms with Crippen molar-refractivity contribution in [3.05, 3.63) is 0 Å². The summed E-state index contributed by atoms with van der Waals surface area (Å²) in [6, 6.07) is 0.187. The molecule has 0 bridgehead atoms. The van der Waals surface area contributed by atoms with Gasteiger partial charge >= 0.3 is 0 Å². The second-order valence-electron chi connectivity index (χ2n) is 5.27. The lowest BCUT2D eigenvalue weighted by Crippen LogP contribution is -2.50. The highest BCUT2D eigenvalue weighted by Gasteiger charge is 2.28. The zero-order valence-corrected chi connectivity index (χ0v) is 11.5. The minimum atomic E-state index is -0.466. The number of nitrogens with one attached hydrogen (secondary N) is 1. The third-order valence-electron chi connectivity index (χ3n) is 3.47. The summed E-state index contributed by atoms with van der Waals surface area (Å²) in [7, 11) is 0. The van der Waals surface area contributed by atoms with Gasteiger partial charge in [-0.25, -0.2) is 0 Å². The summed E-state index contributed by atoms with van der Waals surface area (Å²) in [5.74, 6) is -0.0871. The number of rotatable bonds is 6. The Morgan fingerprint density at radius 3 is 2.24 bits per heavy atom. The second-order valence-corrected chi connectivity index (χ2v) is 5.27. The lowest BCUT2D eigenvalue weighted by Gasteiger charge is -2.36. The molecule has 0 saturated carbocycles. The van der Waals surface area contributed by atoms with Gasteiger partial charge in [-0.2, -0.15) is 0 Å². The number of ether oxygens (including phenoxy) is 2. The van der Waals surface area contributed by atoms with Crippen LogP contribution in [-0.2, 0) is 9.47 Å². The maximum absolute atomic E-state index is 10.00. The fraction of sp³-hybridized carbons (Fsp3) is 1.00. The zero-order valence-electron chi connectivity index (χ0n) is 11.5. The SMILES string of the molecule is CCC(CC)C(O)CNC1COC(C)(C)OC1. The van der Waals surface area contributed by atoms with Crippen LogP contribution in [0.15, 0.2) is 0 Å². The Balaban J connectivity index is 2.23. The van der Waals surface area contributed by atoms with E-state index < -0.39 is 5.79 Å². The predicted octanol–water partition coefficient (Wildman–Crippen LogP) is 1.52. The summed E-state index contributed by atoms with van der Waals surface area (Å²) in [6.07, 6.45) is 1.76. The highest BCUT2D eigenvalue weighted by atomic mass is 16.7. The lowest BCUT2D eigenvalue weighted by atomic mass is 9.96. The summed E-state index contributed by atoms with van der Waals surface area (Å²) in [5.41, 5.74) is 0. The molecular formula is C13H27NO3. The maximum Gasteiger partial charge on any atom is 0.162 e. The minimum Gasteiger partial charge on any atom is -0.392 e. The van der Waals surface area contributed by atoms with Crippen molar-refractivity contribution in [2.75, 3.05) is 19.8 Å². The molecule has 1 fully saturated rings. The maximum atomic E-state index is 10.00. The number of hydrogen-bond acceptors (Lipinski definition) is 4. The van der Waals surface area contributed by atoms with E-state index >= 15 is 0 Å². The molecule has 0 amide bonds. The Kier molecular flexibility index (Phi) is 5.86. The quantitative estimate of drug-likeness (QED) is 0.745. The molecule has 0 spiro atoms. The van der Waals surface area contributed by atoms with Crippen LogP contribution in [0.25, 0.3) is 0 Å². The van der Waals surface area contributed by atoms with Gasteiger partial charge in [-0.3, -0.25) is 0 Å². The van der Waals surface area contributed by atoms with Crippen molar-refractivity contribution in [1.29, 1.82) is 0 Å². The second kappa shape index (κ2) is 6.69. The van der Waals surface area contributed by atoms with E-state index in [9.17, 15) is 5.11 Å². The Morgan fingerprint density at radius 1 is 1.24 bits per heavy atom. The van der Waals surface area contributed by atoms with Crippen molar-refractivity contribution < 1.29 is 14.6 Å². The average Bonchev–Trinajstić information content (AvgIpc) is 2.29. The number of aliphatic hydroxyl groups is 1. The summed E-state index contributed by atoms with van der Waals surface area (Å²) in [4.78, 5) is 0. The van der Waals surface area contributed by atoms with Crippen molar-refractivity contribution >= 4 is 0 Å². The average molecular weight is 245 g/mol. The van der Waals surface area contributed by atoms with Crippen LogP contribution in [0.3, 0.4) is 0 Å². The molecule has 1 heterocycles. The molecule has 102 valence electrons. The molecule has 0 radical (unpaired) electrons. The molecule has 0 aromatic heterocycles. The van der Waals surface area contributed by atoms with E-state index in [0.29, 0.717) is 25.7 Å². The molecule has 0 aromatic carbocycles. The monoisotopic (exact) mass is 245 g/mol. The standard InChI is InChI=1S/C13H27NO3/c1-5-10(6-2)12(15)7-14-11-8-16-13(3,4)17-9-11/h10-12,14-15H,5-9H2,1-4H3. The summed E-state index contributed by atoms with van der Waals surface area (Å²) >= 11 is 0. The first-order valence-electron chi connectivity index (χ1n) is 6.67. The molecule has 4 nitrogen and oxygen atoms in total. The molecule has 17 heavy (non-hydrogen) atoms. The summed E-state index contributed by atoms with van der Waals surface area (Å²) in [5, 5.41) is 13.3. The van der Waals surface area contributed by atoms with Gasteiger partial charge in [0.15, 0.2) is 5.79 Å². The van der Waals surface area contributed by atoms with E-state index in [0.717, 1.165) is 12.8 Å². The predicted molar refractivity (Wildman–Crippen MR) is 67.9 cm³/mol. The van der Waals surface area contributed by atoms with Crippen molar-refractivity contribution in [2.24, 2.45) is 5.92 Å².